The summed E-state index contributed by atoms with van der Waals surface area (Å²) in [6.45, 7) is 1.52. The van der Waals surface area contributed by atoms with Gasteiger partial charge in [0.05, 0.1) is 26.9 Å². The molecule has 33 heavy (non-hydrogen) atoms. The summed E-state index contributed by atoms with van der Waals surface area (Å²) in [6.07, 6.45) is 0. The Morgan fingerprint density at radius 3 is 2.15 bits per heavy atom. The van der Waals surface area contributed by atoms with E-state index < -0.39 is 26.4 Å². The molecule has 0 fully saturated rings. The number of hydrogen-bond donors (Lipinski definition) is 2. The number of aryl methyl sites for hydroxylation is 1. The summed E-state index contributed by atoms with van der Waals surface area (Å²) < 4.78 is 32.3. The van der Waals surface area contributed by atoms with Crippen molar-refractivity contribution in [1.82, 2.24) is 9.78 Å². The second-order valence-corrected chi connectivity index (χ2v) is 7.23. The van der Waals surface area contributed by atoms with Crippen LogP contribution in [-0.4, -0.2) is 44.1 Å². The molecule has 0 saturated carbocycles. The number of aromatic nitrogens is 2. The van der Waals surface area contributed by atoms with Crippen LogP contribution in [0.25, 0.3) is 5.69 Å². The second kappa shape index (κ2) is 12.0. The number of azo groups is 1. The van der Waals surface area contributed by atoms with Gasteiger partial charge in [-0.05, 0) is 31.2 Å². The first-order valence-electron chi connectivity index (χ1n) is 7.84. The van der Waals surface area contributed by atoms with E-state index >= 15 is 0 Å². The summed E-state index contributed by atoms with van der Waals surface area (Å²) in [4.78, 5) is 22.4. The van der Waals surface area contributed by atoms with E-state index in [0.29, 0.717) is 0 Å². The maximum Gasteiger partial charge on any atom is 0.299 e. The molecule has 1 aromatic heterocycles. The molecule has 3 aromatic rings. The Morgan fingerprint density at radius 2 is 1.64 bits per heavy atom. The van der Waals surface area contributed by atoms with Gasteiger partial charge in [-0.25, -0.2) is 4.68 Å². The van der Waals surface area contributed by atoms with Crippen LogP contribution in [0.3, 0.4) is 0 Å². The third kappa shape index (κ3) is 6.77. The molecule has 0 radical (unpaired) electrons. The Labute approximate surface area is 196 Å². The van der Waals surface area contributed by atoms with Gasteiger partial charge < -0.3 is 21.5 Å². The number of nitrogens with one attached hydrogen (secondary N) is 1. The van der Waals surface area contributed by atoms with Gasteiger partial charge in [-0.1, -0.05) is 11.8 Å². The van der Waals surface area contributed by atoms with Gasteiger partial charge in [-0.2, -0.15) is 13.5 Å². The molecule has 17 heteroatoms. The Hall–Kier alpha value is -3.43. The van der Waals surface area contributed by atoms with E-state index in [4.69, 9.17) is 4.55 Å². The Balaban J connectivity index is 0. The minimum atomic E-state index is -4.38. The molecular formula is C16H18CrN5O10S-. The van der Waals surface area contributed by atoms with Crippen molar-refractivity contribution in [3.8, 4) is 11.4 Å². The standard InChI is InChI=1S/C16H13N5O7S.Cr.3H2O/c1-9-15(18-17-13-8-11(21(24)25)4-7-14(13)22)16(23)20(19-9)10-2-5-12(6-3-10)29(26,27)28;;;;/h2-8,19,22H,1H3,(H,26,27,28);;3*1H2/p-1. The Morgan fingerprint density at radius 1 is 1.06 bits per heavy atom. The number of benzene rings is 2. The maximum absolute atomic E-state index is 12.6. The van der Waals surface area contributed by atoms with Gasteiger partial charge >= 0.3 is 0 Å². The van der Waals surface area contributed by atoms with Crippen molar-refractivity contribution in [3.63, 3.8) is 0 Å². The van der Waals surface area contributed by atoms with Crippen molar-refractivity contribution in [2.45, 2.75) is 11.8 Å². The van der Waals surface area contributed by atoms with E-state index in [9.17, 15) is 28.4 Å². The fraction of sp³-hybridized carbons (Fsp3) is 0.0625. The van der Waals surface area contributed by atoms with E-state index in [0.717, 1.165) is 35.0 Å². The first-order chi connectivity index (χ1) is 13.6. The molecule has 0 aliphatic heterocycles. The fourth-order valence-corrected chi connectivity index (χ4v) is 2.89. The van der Waals surface area contributed by atoms with Gasteiger partial charge in [-0.15, -0.1) is 5.11 Å². The van der Waals surface area contributed by atoms with Crippen LogP contribution in [-0.2, 0) is 27.5 Å². The van der Waals surface area contributed by atoms with Crippen molar-refractivity contribution >= 4 is 27.2 Å². The number of non-ortho nitro benzene ring substituents is 1. The molecule has 0 aliphatic rings. The Bertz CT molecular complexity index is 1300. The monoisotopic (exact) mass is 524 g/mol. The number of hydrogen-bond acceptors (Lipinski definition) is 8. The van der Waals surface area contributed by atoms with Gasteiger partial charge in [0.1, 0.15) is 0 Å². The Kier molecular flexibility index (Phi) is 11.5. The van der Waals surface area contributed by atoms with Crippen molar-refractivity contribution in [2.75, 3.05) is 0 Å². The summed E-state index contributed by atoms with van der Waals surface area (Å²) in [5.41, 5.74) is -0.898. The molecule has 0 saturated heterocycles. The molecule has 0 amide bonds. The van der Waals surface area contributed by atoms with Crippen LogP contribution in [0.4, 0.5) is 17.1 Å². The molecule has 3 rings (SSSR count). The molecule has 0 aliphatic carbocycles. The number of H-pyrrole nitrogens is 1. The average molecular weight is 524 g/mol. The van der Waals surface area contributed by atoms with Crippen LogP contribution in [0.2, 0.25) is 0 Å². The molecule has 0 spiro atoms. The number of nitrogens with zero attached hydrogens (tertiary/aromatic N) is 4. The predicted octanol–water partition coefficient (Wildman–Crippen LogP) is -0.359. The van der Waals surface area contributed by atoms with Crippen molar-refractivity contribution in [1.29, 1.82) is 0 Å². The average Bonchev–Trinajstić information content (AvgIpc) is 2.94. The van der Waals surface area contributed by atoms with Crippen LogP contribution in [0.15, 0.2) is 62.4 Å². The van der Waals surface area contributed by atoms with Gasteiger partial charge in [0.15, 0.2) is 5.69 Å². The first-order valence-corrected chi connectivity index (χ1v) is 9.28. The fourth-order valence-electron chi connectivity index (χ4n) is 2.41. The first kappa shape index (κ1) is 31.8. The maximum atomic E-state index is 12.6. The summed E-state index contributed by atoms with van der Waals surface area (Å²) >= 11 is 0. The SMILES string of the molecule is Cc1[nH]n(-c2ccc(S(=O)(=O)O)cc2)c(=O)c1N=Nc1cc([N+](=O)[O-])ccc1[O-].O.O.O.[Cr]. The van der Waals surface area contributed by atoms with Crippen LogP contribution in [0, 0.1) is 17.0 Å². The minimum Gasteiger partial charge on any atom is -0.871 e. The summed E-state index contributed by atoms with van der Waals surface area (Å²) in [5.74, 6) is -0.603. The van der Waals surface area contributed by atoms with Gasteiger partial charge in [0, 0.05) is 29.5 Å². The molecule has 0 unspecified atom stereocenters. The van der Waals surface area contributed by atoms with Crippen molar-refractivity contribution in [3.05, 3.63) is 68.6 Å². The van der Waals surface area contributed by atoms with Crippen LogP contribution in [0.1, 0.15) is 5.69 Å². The molecule has 1 heterocycles. The van der Waals surface area contributed by atoms with Gasteiger partial charge in [0.25, 0.3) is 21.4 Å². The van der Waals surface area contributed by atoms with E-state index in [2.05, 4.69) is 15.3 Å². The minimum absolute atomic E-state index is 0. The molecular weight excluding hydrogens is 506 g/mol. The zero-order valence-electron chi connectivity index (χ0n) is 16.5. The van der Waals surface area contributed by atoms with Crippen LogP contribution in [0.5, 0.6) is 5.75 Å². The zero-order chi connectivity index (χ0) is 21.3. The summed E-state index contributed by atoms with van der Waals surface area (Å²) in [7, 11) is -4.38. The van der Waals surface area contributed by atoms with E-state index in [1.165, 1.54) is 19.1 Å². The topological polar surface area (TPSA) is 278 Å². The quantitative estimate of drug-likeness (QED) is 0.193. The van der Waals surface area contributed by atoms with Crippen molar-refractivity contribution in [2.24, 2.45) is 10.2 Å². The van der Waals surface area contributed by atoms with Crippen LogP contribution >= 0.6 is 0 Å². The van der Waals surface area contributed by atoms with Gasteiger partial charge in [-0.3, -0.25) is 24.6 Å². The van der Waals surface area contributed by atoms with Crippen LogP contribution < -0.4 is 10.7 Å². The smallest absolute Gasteiger partial charge is 0.299 e. The van der Waals surface area contributed by atoms with E-state index in [-0.39, 0.29) is 67.1 Å². The molecule has 0 atom stereocenters. The molecule has 2 aromatic carbocycles. The molecule has 0 bridgehead atoms. The van der Waals surface area contributed by atoms with Crippen molar-refractivity contribution < 1.29 is 56.8 Å². The third-order valence-electron chi connectivity index (χ3n) is 3.84. The summed E-state index contributed by atoms with van der Waals surface area (Å²) in [5, 5.41) is 32.7. The number of aromatic amines is 1. The zero-order valence-corrected chi connectivity index (χ0v) is 18.6. The number of rotatable bonds is 5. The van der Waals surface area contributed by atoms with E-state index in [1.54, 1.807) is 0 Å². The predicted molar refractivity (Wildman–Crippen MR) is 109 cm³/mol. The van der Waals surface area contributed by atoms with E-state index in [1.807, 2.05) is 0 Å². The summed E-state index contributed by atoms with van der Waals surface area (Å²) in [6, 6.07) is 7.76. The number of nitro groups is 1. The molecule has 15 nitrogen and oxygen atoms in total. The molecule has 8 N–H and O–H groups in total. The molecule has 180 valence electrons. The third-order valence-corrected chi connectivity index (χ3v) is 4.71. The largest absolute Gasteiger partial charge is 0.871 e. The normalized spacial score (nSPS) is 10.4. The number of nitro benzene ring substituents is 1. The second-order valence-electron chi connectivity index (χ2n) is 5.80. The van der Waals surface area contributed by atoms with Gasteiger partial charge in [0.2, 0.25) is 0 Å².